The highest BCUT2D eigenvalue weighted by Gasteiger charge is 2.30. The van der Waals surface area contributed by atoms with Crippen molar-refractivity contribution in [2.45, 2.75) is 32.5 Å². The summed E-state index contributed by atoms with van der Waals surface area (Å²) in [4.78, 5) is 19.2. The molecule has 1 aromatic carbocycles. The summed E-state index contributed by atoms with van der Waals surface area (Å²) in [5.74, 6) is -2.48. The van der Waals surface area contributed by atoms with Gasteiger partial charge in [-0.15, -0.1) is 0 Å². The van der Waals surface area contributed by atoms with Crippen LogP contribution in [0, 0.1) is 11.7 Å². The van der Waals surface area contributed by atoms with Gasteiger partial charge < -0.3 is 10.5 Å². The van der Waals surface area contributed by atoms with Gasteiger partial charge in [0.05, 0.1) is 17.5 Å². The second kappa shape index (κ2) is 8.70. The highest BCUT2D eigenvalue weighted by Crippen LogP contribution is 2.32. The van der Waals surface area contributed by atoms with Crippen molar-refractivity contribution in [3.8, 4) is 23.0 Å². The predicted molar refractivity (Wildman–Crippen MR) is 103 cm³/mol. The summed E-state index contributed by atoms with van der Waals surface area (Å²) in [6.07, 6.45) is -2.94. The van der Waals surface area contributed by atoms with E-state index in [1.807, 2.05) is 13.8 Å². The fraction of sp³-hybridized carbons (Fsp3) is 0.300. The van der Waals surface area contributed by atoms with Crippen molar-refractivity contribution in [3.63, 3.8) is 0 Å². The summed E-state index contributed by atoms with van der Waals surface area (Å²) in [5, 5.41) is 4.02. The molecule has 0 saturated heterocycles. The van der Waals surface area contributed by atoms with Gasteiger partial charge in [-0.1, -0.05) is 26.0 Å². The van der Waals surface area contributed by atoms with E-state index in [1.165, 1.54) is 24.4 Å². The fourth-order valence-corrected chi connectivity index (χ4v) is 2.88. The molecular weight excluding hydrogens is 418 g/mol. The Labute approximate surface area is 174 Å². The Morgan fingerprint density at radius 2 is 1.84 bits per heavy atom. The number of hydrogen-bond donors (Lipinski definition) is 1. The Balaban J connectivity index is 1.96. The lowest BCUT2D eigenvalue weighted by Gasteiger charge is -2.18. The zero-order valence-electron chi connectivity index (χ0n) is 16.6. The average molecular weight is 437 g/mol. The lowest BCUT2D eigenvalue weighted by molar-refractivity contribution is -0.137. The van der Waals surface area contributed by atoms with Crippen LogP contribution in [0.3, 0.4) is 0 Å². The number of nitrogens with zero attached hydrogens (tertiary/aromatic N) is 4. The van der Waals surface area contributed by atoms with Crippen molar-refractivity contribution in [1.29, 1.82) is 0 Å². The van der Waals surface area contributed by atoms with E-state index in [1.54, 1.807) is 0 Å². The lowest BCUT2D eigenvalue weighted by atomic mass is 10.1. The fourth-order valence-electron chi connectivity index (χ4n) is 2.88. The maximum absolute atomic E-state index is 15.1. The van der Waals surface area contributed by atoms with Crippen molar-refractivity contribution in [1.82, 2.24) is 19.7 Å². The second-order valence-electron chi connectivity index (χ2n) is 7.16. The van der Waals surface area contributed by atoms with Crippen LogP contribution in [-0.4, -0.2) is 31.8 Å². The van der Waals surface area contributed by atoms with Gasteiger partial charge in [0, 0.05) is 5.56 Å². The van der Waals surface area contributed by atoms with Crippen LogP contribution in [-0.2, 0) is 11.0 Å². The van der Waals surface area contributed by atoms with Gasteiger partial charge in [-0.3, -0.25) is 4.79 Å². The molecule has 3 aromatic rings. The zero-order valence-corrected chi connectivity index (χ0v) is 16.6. The molecule has 0 spiro atoms. The molecule has 2 aromatic heterocycles. The third-order valence-electron chi connectivity index (χ3n) is 4.35. The van der Waals surface area contributed by atoms with Crippen molar-refractivity contribution < 1.29 is 27.1 Å². The summed E-state index contributed by atoms with van der Waals surface area (Å²) < 4.78 is 60.0. The van der Waals surface area contributed by atoms with Crippen LogP contribution in [0.1, 0.15) is 25.8 Å². The number of rotatable bonds is 7. The van der Waals surface area contributed by atoms with Crippen LogP contribution < -0.4 is 10.5 Å². The molecule has 0 radical (unpaired) electrons. The minimum absolute atomic E-state index is 0.0549. The molecule has 3 rings (SSSR count). The number of primary amides is 1. The Kier molecular flexibility index (Phi) is 6.23. The van der Waals surface area contributed by atoms with E-state index in [0.717, 1.165) is 23.1 Å². The third kappa shape index (κ3) is 4.98. The first kappa shape index (κ1) is 22.2. The Bertz CT molecular complexity index is 1060. The standard InChI is InChI=1S/C20H19F4N5O2/c1-11(2)9-15(17(25)30)31-19-16(21)18(26-10-27-19)29-14(7-8-28-29)12-3-5-13(6-4-12)20(22,23)24/h3-8,10-11,15H,9H2,1-2H3,(H2,25,30)/t15-/m1/s1. The van der Waals surface area contributed by atoms with E-state index < -0.39 is 35.4 Å². The van der Waals surface area contributed by atoms with Gasteiger partial charge in [-0.2, -0.15) is 27.6 Å². The second-order valence-corrected chi connectivity index (χ2v) is 7.16. The molecule has 164 valence electrons. The van der Waals surface area contributed by atoms with E-state index in [0.29, 0.717) is 11.3 Å². The number of carbonyl (C=O) groups excluding carboxylic acids is 1. The highest BCUT2D eigenvalue weighted by molar-refractivity contribution is 5.79. The van der Waals surface area contributed by atoms with Crippen LogP contribution >= 0.6 is 0 Å². The van der Waals surface area contributed by atoms with Gasteiger partial charge in [0.25, 0.3) is 11.8 Å². The largest absolute Gasteiger partial charge is 0.462 e. The molecule has 2 heterocycles. The summed E-state index contributed by atoms with van der Waals surface area (Å²) in [6, 6.07) is 5.83. The number of carbonyl (C=O) groups is 1. The van der Waals surface area contributed by atoms with Crippen molar-refractivity contribution in [2.75, 3.05) is 0 Å². The first-order chi connectivity index (χ1) is 14.6. The quantitative estimate of drug-likeness (QED) is 0.568. The molecule has 2 N–H and O–H groups in total. The Morgan fingerprint density at radius 1 is 1.16 bits per heavy atom. The topological polar surface area (TPSA) is 95.9 Å². The summed E-state index contributed by atoms with van der Waals surface area (Å²) in [5.41, 5.74) is 5.18. The summed E-state index contributed by atoms with van der Waals surface area (Å²) in [7, 11) is 0. The van der Waals surface area contributed by atoms with Crippen LogP contribution in [0.4, 0.5) is 17.6 Å². The maximum Gasteiger partial charge on any atom is 0.416 e. The van der Waals surface area contributed by atoms with Crippen LogP contribution in [0.25, 0.3) is 17.1 Å². The van der Waals surface area contributed by atoms with Crippen molar-refractivity contribution in [2.24, 2.45) is 11.7 Å². The minimum atomic E-state index is -4.48. The van der Waals surface area contributed by atoms with Gasteiger partial charge >= 0.3 is 6.18 Å². The number of nitrogens with two attached hydrogens (primary N) is 1. The third-order valence-corrected chi connectivity index (χ3v) is 4.35. The molecule has 7 nitrogen and oxygen atoms in total. The molecule has 1 amide bonds. The summed E-state index contributed by atoms with van der Waals surface area (Å²) in [6.45, 7) is 3.70. The molecule has 0 bridgehead atoms. The van der Waals surface area contributed by atoms with Crippen molar-refractivity contribution >= 4 is 5.91 Å². The zero-order chi connectivity index (χ0) is 22.8. The van der Waals surface area contributed by atoms with Gasteiger partial charge in [0.15, 0.2) is 11.9 Å². The normalized spacial score (nSPS) is 12.7. The number of aromatic nitrogens is 4. The number of amides is 1. The van der Waals surface area contributed by atoms with Gasteiger partial charge in [-0.05, 0) is 30.5 Å². The van der Waals surface area contributed by atoms with E-state index in [4.69, 9.17) is 10.5 Å². The number of halogens is 4. The SMILES string of the molecule is CC(C)C[C@@H](Oc1ncnc(-n2nccc2-c2ccc(C(F)(F)F)cc2)c1F)C(N)=O. The minimum Gasteiger partial charge on any atom is -0.462 e. The first-order valence-corrected chi connectivity index (χ1v) is 9.26. The Hall–Kier alpha value is -3.50. The Morgan fingerprint density at radius 3 is 2.42 bits per heavy atom. The van der Waals surface area contributed by atoms with Crippen LogP contribution in [0.5, 0.6) is 5.88 Å². The lowest BCUT2D eigenvalue weighted by Crippen LogP contribution is -2.35. The summed E-state index contributed by atoms with van der Waals surface area (Å²) >= 11 is 0. The van der Waals surface area contributed by atoms with Crippen LogP contribution in [0.2, 0.25) is 0 Å². The maximum atomic E-state index is 15.1. The van der Waals surface area contributed by atoms with E-state index in [-0.39, 0.29) is 18.2 Å². The molecule has 0 fully saturated rings. The molecule has 0 aliphatic rings. The van der Waals surface area contributed by atoms with Crippen molar-refractivity contribution in [3.05, 3.63) is 54.2 Å². The van der Waals surface area contributed by atoms with E-state index in [9.17, 15) is 18.0 Å². The molecule has 0 aliphatic carbocycles. The highest BCUT2D eigenvalue weighted by atomic mass is 19.4. The molecule has 0 saturated carbocycles. The molecular formula is C20H19F4N5O2. The monoisotopic (exact) mass is 437 g/mol. The molecule has 0 unspecified atom stereocenters. The molecule has 1 atom stereocenters. The number of benzene rings is 1. The van der Waals surface area contributed by atoms with Crippen LogP contribution in [0.15, 0.2) is 42.9 Å². The first-order valence-electron chi connectivity index (χ1n) is 9.26. The number of hydrogen-bond acceptors (Lipinski definition) is 5. The van der Waals surface area contributed by atoms with Gasteiger partial charge in [0.1, 0.15) is 6.33 Å². The smallest absolute Gasteiger partial charge is 0.416 e. The number of alkyl halides is 3. The van der Waals surface area contributed by atoms with E-state index in [2.05, 4.69) is 15.1 Å². The molecule has 0 aliphatic heterocycles. The average Bonchev–Trinajstić information content (AvgIpc) is 3.17. The molecule has 31 heavy (non-hydrogen) atoms. The molecule has 11 heteroatoms. The van der Waals surface area contributed by atoms with Gasteiger partial charge in [-0.25, -0.2) is 9.67 Å². The van der Waals surface area contributed by atoms with E-state index >= 15 is 4.39 Å². The predicted octanol–water partition coefficient (Wildman–Crippen LogP) is 3.77. The number of ether oxygens (including phenoxy) is 1. The van der Waals surface area contributed by atoms with Gasteiger partial charge in [0.2, 0.25) is 5.82 Å².